The summed E-state index contributed by atoms with van der Waals surface area (Å²) in [5, 5.41) is 12.2. The van der Waals surface area contributed by atoms with Crippen molar-refractivity contribution >= 4 is 11.6 Å². The summed E-state index contributed by atoms with van der Waals surface area (Å²) in [5.74, 6) is -0.648. The van der Waals surface area contributed by atoms with E-state index in [1.807, 2.05) is 12.1 Å². The fraction of sp³-hybridized carbons (Fsp3) is 0.348. The van der Waals surface area contributed by atoms with Crippen molar-refractivity contribution in [2.45, 2.75) is 43.8 Å². The molecule has 2 aliphatic carbocycles. The highest BCUT2D eigenvalue weighted by Crippen LogP contribution is 2.47. The number of aromatic nitrogens is 2. The van der Waals surface area contributed by atoms with Gasteiger partial charge in [0.2, 0.25) is 0 Å². The molecule has 2 saturated carbocycles. The van der Waals surface area contributed by atoms with E-state index >= 15 is 0 Å². The Balaban J connectivity index is 1.59. The minimum atomic E-state index is -3.10. The van der Waals surface area contributed by atoms with Gasteiger partial charge in [-0.05, 0) is 55.5 Å². The number of alkyl halides is 2. The van der Waals surface area contributed by atoms with Gasteiger partial charge in [-0.3, -0.25) is 9.20 Å². The van der Waals surface area contributed by atoms with Gasteiger partial charge >= 0.3 is 6.61 Å². The van der Waals surface area contributed by atoms with Crippen molar-refractivity contribution in [3.63, 3.8) is 0 Å². The number of nitrogens with zero attached hydrogens (tertiary/aromatic N) is 3. The average Bonchev–Trinajstić information content (AvgIpc) is 3.70. The highest BCUT2D eigenvalue weighted by atomic mass is 19.3. The van der Waals surface area contributed by atoms with Gasteiger partial charge in [-0.1, -0.05) is 0 Å². The molecule has 0 saturated heterocycles. The lowest BCUT2D eigenvalue weighted by Crippen LogP contribution is -2.26. The van der Waals surface area contributed by atoms with Crippen LogP contribution in [-0.2, 0) is 5.41 Å². The van der Waals surface area contributed by atoms with Gasteiger partial charge in [0.1, 0.15) is 22.7 Å². The molecule has 3 aromatic rings. The molecule has 164 valence electrons. The molecule has 0 atom stereocenters. The Kier molecular flexibility index (Phi) is 4.73. The topological polar surface area (TPSA) is 88.7 Å². The quantitative estimate of drug-likeness (QED) is 0.601. The van der Waals surface area contributed by atoms with Gasteiger partial charge in [0.15, 0.2) is 0 Å². The third-order valence-electron chi connectivity index (χ3n) is 5.97. The molecular formula is C23H20F2N4O3. The van der Waals surface area contributed by atoms with Crippen molar-refractivity contribution in [3.05, 3.63) is 47.8 Å². The zero-order chi connectivity index (χ0) is 22.5. The van der Waals surface area contributed by atoms with Crippen LogP contribution in [0.15, 0.2) is 36.7 Å². The molecule has 2 aliphatic rings. The van der Waals surface area contributed by atoms with Crippen LogP contribution in [0.3, 0.4) is 0 Å². The standard InChI is InChI=1S/C23H20F2N4O3/c1-31-17-8-13(9-18(32-22(24)25)20(17)21(30)28-15-2-3-15)16-11-27-19-10-14(4-7-29(16)19)23(12-26)5-6-23/h4,7-11,15,22H,2-3,5-6H2,1H3,(H,28,30). The number of nitrogens with one attached hydrogen (secondary N) is 1. The first-order valence-electron chi connectivity index (χ1n) is 10.3. The number of pyridine rings is 1. The maximum atomic E-state index is 13.2. The zero-order valence-corrected chi connectivity index (χ0v) is 17.3. The summed E-state index contributed by atoms with van der Waals surface area (Å²) in [4.78, 5) is 17.1. The number of fused-ring (bicyclic) bond motifs is 1. The number of nitriles is 1. The number of carbonyl (C=O) groups excluding carboxylic acids is 1. The van der Waals surface area contributed by atoms with Gasteiger partial charge < -0.3 is 14.8 Å². The van der Waals surface area contributed by atoms with Crippen molar-refractivity contribution in [2.24, 2.45) is 0 Å². The molecule has 0 aliphatic heterocycles. The van der Waals surface area contributed by atoms with Crippen molar-refractivity contribution in [1.82, 2.24) is 14.7 Å². The van der Waals surface area contributed by atoms with Crippen LogP contribution in [0, 0.1) is 11.3 Å². The molecule has 1 N–H and O–H groups in total. The highest BCUT2D eigenvalue weighted by Gasteiger charge is 2.45. The monoisotopic (exact) mass is 438 g/mol. The molecule has 32 heavy (non-hydrogen) atoms. The largest absolute Gasteiger partial charge is 0.496 e. The lowest BCUT2D eigenvalue weighted by atomic mass is 9.99. The zero-order valence-electron chi connectivity index (χ0n) is 17.3. The first-order chi connectivity index (χ1) is 15.4. The second-order valence-corrected chi connectivity index (χ2v) is 8.16. The van der Waals surface area contributed by atoms with Crippen molar-refractivity contribution in [3.8, 4) is 28.8 Å². The van der Waals surface area contributed by atoms with Crippen LogP contribution in [0.25, 0.3) is 16.9 Å². The van der Waals surface area contributed by atoms with Gasteiger partial charge in [0.25, 0.3) is 5.91 Å². The molecule has 1 aromatic carbocycles. The molecule has 0 unspecified atom stereocenters. The Bertz CT molecular complexity index is 1260. The Hall–Kier alpha value is -3.67. The van der Waals surface area contributed by atoms with E-state index in [1.165, 1.54) is 13.2 Å². The van der Waals surface area contributed by atoms with Gasteiger partial charge in [-0.25, -0.2) is 4.98 Å². The minimum absolute atomic E-state index is 0.0439. The Labute approximate surface area is 182 Å². The molecule has 5 rings (SSSR count). The molecule has 1 amide bonds. The molecule has 0 radical (unpaired) electrons. The van der Waals surface area contributed by atoms with Crippen LogP contribution in [0.5, 0.6) is 11.5 Å². The van der Waals surface area contributed by atoms with Gasteiger partial charge in [0.05, 0.1) is 30.5 Å². The molecule has 0 spiro atoms. The summed E-state index contributed by atoms with van der Waals surface area (Å²) < 4.78 is 38.2. The van der Waals surface area contributed by atoms with E-state index in [4.69, 9.17) is 9.47 Å². The van der Waals surface area contributed by atoms with E-state index in [9.17, 15) is 18.8 Å². The number of carbonyl (C=O) groups is 1. The summed E-state index contributed by atoms with van der Waals surface area (Å²) in [6.07, 6.45) is 6.77. The van der Waals surface area contributed by atoms with Gasteiger partial charge in [-0.15, -0.1) is 0 Å². The summed E-state index contributed by atoms with van der Waals surface area (Å²) in [7, 11) is 1.37. The molecule has 9 heteroatoms. The van der Waals surface area contributed by atoms with E-state index in [2.05, 4.69) is 16.4 Å². The maximum Gasteiger partial charge on any atom is 0.387 e. The number of methoxy groups -OCH3 is 1. The molecular weight excluding hydrogens is 418 g/mol. The number of amides is 1. The Morgan fingerprint density at radius 2 is 2.06 bits per heavy atom. The number of halogens is 2. The predicted molar refractivity (Wildman–Crippen MR) is 111 cm³/mol. The molecule has 2 heterocycles. The van der Waals surface area contributed by atoms with Crippen molar-refractivity contribution < 1.29 is 23.0 Å². The SMILES string of the molecule is COc1cc(-c2cnc3cc(C4(C#N)CC4)ccn23)cc(OC(F)F)c1C(=O)NC1CC1. The molecule has 7 nitrogen and oxygen atoms in total. The number of imidazole rings is 1. The van der Waals surface area contributed by atoms with Crippen LogP contribution < -0.4 is 14.8 Å². The number of ether oxygens (including phenoxy) is 2. The second kappa shape index (κ2) is 7.48. The van der Waals surface area contributed by atoms with Gasteiger partial charge in [0, 0.05) is 17.8 Å². The Morgan fingerprint density at radius 1 is 1.31 bits per heavy atom. The van der Waals surface area contributed by atoms with Crippen LogP contribution in [0.4, 0.5) is 8.78 Å². The highest BCUT2D eigenvalue weighted by molar-refractivity contribution is 6.01. The van der Waals surface area contributed by atoms with Crippen LogP contribution >= 0.6 is 0 Å². The van der Waals surface area contributed by atoms with E-state index in [-0.39, 0.29) is 23.1 Å². The minimum Gasteiger partial charge on any atom is -0.496 e. The van der Waals surface area contributed by atoms with Crippen LogP contribution in [-0.4, -0.2) is 35.1 Å². The van der Waals surface area contributed by atoms with E-state index in [0.29, 0.717) is 16.9 Å². The fourth-order valence-electron chi connectivity index (χ4n) is 3.88. The van der Waals surface area contributed by atoms with Gasteiger partial charge in [-0.2, -0.15) is 14.0 Å². The fourth-order valence-corrected chi connectivity index (χ4v) is 3.88. The molecule has 2 aromatic heterocycles. The first kappa shape index (κ1) is 20.2. The number of benzene rings is 1. The lowest BCUT2D eigenvalue weighted by molar-refractivity contribution is -0.0502. The predicted octanol–water partition coefficient (Wildman–Crippen LogP) is 4.06. The van der Waals surface area contributed by atoms with Crippen LogP contribution in [0.2, 0.25) is 0 Å². The molecule has 2 fully saturated rings. The summed E-state index contributed by atoms with van der Waals surface area (Å²) >= 11 is 0. The molecule has 0 bridgehead atoms. The number of rotatable bonds is 7. The number of hydrogen-bond acceptors (Lipinski definition) is 5. The lowest BCUT2D eigenvalue weighted by Gasteiger charge is -2.16. The maximum absolute atomic E-state index is 13.2. The second-order valence-electron chi connectivity index (χ2n) is 8.16. The summed E-state index contributed by atoms with van der Waals surface area (Å²) in [6, 6.07) is 9.15. The normalized spacial score (nSPS) is 16.6. The summed E-state index contributed by atoms with van der Waals surface area (Å²) in [5.41, 5.74) is 2.15. The third kappa shape index (κ3) is 3.51. The third-order valence-corrected chi connectivity index (χ3v) is 5.97. The van der Waals surface area contributed by atoms with E-state index in [1.54, 1.807) is 22.9 Å². The smallest absolute Gasteiger partial charge is 0.387 e. The van der Waals surface area contributed by atoms with Crippen molar-refractivity contribution in [2.75, 3.05) is 7.11 Å². The average molecular weight is 438 g/mol. The van der Waals surface area contributed by atoms with E-state index in [0.717, 1.165) is 31.2 Å². The summed E-state index contributed by atoms with van der Waals surface area (Å²) in [6.45, 7) is -3.10. The number of hydrogen-bond donors (Lipinski definition) is 1. The van der Waals surface area contributed by atoms with E-state index < -0.39 is 17.9 Å². The first-order valence-corrected chi connectivity index (χ1v) is 10.3. The van der Waals surface area contributed by atoms with Crippen molar-refractivity contribution in [1.29, 1.82) is 5.26 Å². The van der Waals surface area contributed by atoms with Crippen LogP contribution in [0.1, 0.15) is 41.6 Å². The Morgan fingerprint density at radius 3 is 2.69 bits per heavy atom.